The lowest BCUT2D eigenvalue weighted by molar-refractivity contribution is -0.151. The second kappa shape index (κ2) is 6.00. The molecule has 3 heterocycles. The highest BCUT2D eigenvalue weighted by molar-refractivity contribution is 5.77. The van der Waals surface area contributed by atoms with Crippen molar-refractivity contribution in [1.29, 1.82) is 0 Å². The van der Waals surface area contributed by atoms with Gasteiger partial charge in [0.25, 0.3) is 0 Å². The van der Waals surface area contributed by atoms with Crippen LogP contribution in [0.15, 0.2) is 0 Å². The minimum atomic E-state index is -0.0201. The number of carbonyl (C=O) groups is 1. The van der Waals surface area contributed by atoms with E-state index in [1.165, 1.54) is 0 Å². The number of hydrogen-bond donors (Lipinski definition) is 1. The molecule has 0 aromatic heterocycles. The van der Waals surface area contributed by atoms with Crippen LogP contribution in [0.2, 0.25) is 0 Å². The summed E-state index contributed by atoms with van der Waals surface area (Å²) in [5, 5.41) is 9.50. The first-order valence-corrected chi connectivity index (χ1v) is 7.93. The number of aliphatic hydroxyl groups is 1. The van der Waals surface area contributed by atoms with Gasteiger partial charge >= 0.3 is 0 Å². The van der Waals surface area contributed by atoms with Crippen molar-refractivity contribution >= 4 is 5.91 Å². The minimum Gasteiger partial charge on any atom is -0.396 e. The summed E-state index contributed by atoms with van der Waals surface area (Å²) in [4.78, 5) is 16.5. The quantitative estimate of drug-likeness (QED) is 0.814. The van der Waals surface area contributed by atoms with Gasteiger partial charge in [-0.3, -0.25) is 4.79 Å². The summed E-state index contributed by atoms with van der Waals surface area (Å²) >= 11 is 0. The molecule has 0 atom stereocenters. The average molecular weight is 282 g/mol. The monoisotopic (exact) mass is 282 g/mol. The normalized spacial score (nSPS) is 28.4. The van der Waals surface area contributed by atoms with Crippen LogP contribution in [-0.4, -0.2) is 72.9 Å². The van der Waals surface area contributed by atoms with E-state index in [4.69, 9.17) is 4.74 Å². The first kappa shape index (κ1) is 14.3. The summed E-state index contributed by atoms with van der Waals surface area (Å²) < 4.78 is 5.26. The molecule has 0 spiro atoms. The molecule has 3 fully saturated rings. The van der Waals surface area contributed by atoms with Gasteiger partial charge in [0.1, 0.15) is 0 Å². The van der Waals surface area contributed by atoms with Crippen LogP contribution in [0, 0.1) is 5.41 Å². The Kier molecular flexibility index (Phi) is 4.29. The predicted molar refractivity (Wildman–Crippen MR) is 75.4 cm³/mol. The van der Waals surface area contributed by atoms with Gasteiger partial charge in [-0.15, -0.1) is 0 Å². The number of nitrogens with zero attached hydrogens (tertiary/aromatic N) is 2. The molecule has 5 heteroatoms. The summed E-state index contributed by atoms with van der Waals surface area (Å²) in [5.41, 5.74) is -0.0201. The van der Waals surface area contributed by atoms with Crippen molar-refractivity contribution in [3.63, 3.8) is 0 Å². The van der Waals surface area contributed by atoms with E-state index in [2.05, 4.69) is 9.80 Å². The first-order valence-electron chi connectivity index (χ1n) is 7.93. The Balaban J connectivity index is 1.48. The Labute approximate surface area is 120 Å². The zero-order valence-corrected chi connectivity index (χ0v) is 12.2. The molecule has 3 aliphatic heterocycles. The summed E-state index contributed by atoms with van der Waals surface area (Å²) in [5.74, 6) is 0.355. The number of carbonyl (C=O) groups excluding carboxylic acids is 1. The molecule has 0 aliphatic carbocycles. The number of ether oxygens (including phenoxy) is 1. The molecule has 3 rings (SSSR count). The number of aliphatic hydroxyl groups excluding tert-OH is 1. The Morgan fingerprint density at radius 2 is 1.95 bits per heavy atom. The first-order chi connectivity index (χ1) is 9.72. The van der Waals surface area contributed by atoms with Crippen LogP contribution in [0.4, 0.5) is 0 Å². The predicted octanol–water partition coefficient (Wildman–Crippen LogP) is 0.472. The van der Waals surface area contributed by atoms with Crippen LogP contribution in [0.3, 0.4) is 0 Å². The second-order valence-corrected chi connectivity index (χ2v) is 6.70. The lowest BCUT2D eigenvalue weighted by Gasteiger charge is -2.46. The van der Waals surface area contributed by atoms with Gasteiger partial charge in [-0.25, -0.2) is 0 Å². The molecule has 0 unspecified atom stereocenters. The van der Waals surface area contributed by atoms with Crippen molar-refractivity contribution in [3.05, 3.63) is 0 Å². The number of piperidine rings is 2. The number of rotatable bonds is 4. The van der Waals surface area contributed by atoms with E-state index >= 15 is 0 Å². The van der Waals surface area contributed by atoms with E-state index in [1.807, 2.05) is 0 Å². The van der Waals surface area contributed by atoms with Crippen molar-refractivity contribution in [2.24, 2.45) is 5.41 Å². The van der Waals surface area contributed by atoms with Gasteiger partial charge in [-0.2, -0.15) is 0 Å². The Morgan fingerprint density at radius 1 is 1.20 bits per heavy atom. The van der Waals surface area contributed by atoms with Crippen molar-refractivity contribution in [2.75, 3.05) is 46.0 Å². The van der Waals surface area contributed by atoms with E-state index in [9.17, 15) is 9.90 Å². The largest absolute Gasteiger partial charge is 0.396 e. The van der Waals surface area contributed by atoms with E-state index in [-0.39, 0.29) is 12.0 Å². The minimum absolute atomic E-state index is 0.0201. The van der Waals surface area contributed by atoms with E-state index < -0.39 is 0 Å². The third-order valence-electron chi connectivity index (χ3n) is 5.07. The maximum absolute atomic E-state index is 12.0. The van der Waals surface area contributed by atoms with Gasteiger partial charge in [0.05, 0.1) is 25.2 Å². The maximum atomic E-state index is 12.0. The lowest BCUT2D eigenvalue weighted by Crippen LogP contribution is -2.56. The van der Waals surface area contributed by atoms with Crippen molar-refractivity contribution in [1.82, 2.24) is 9.80 Å². The fraction of sp³-hybridized carbons (Fsp3) is 0.933. The molecule has 20 heavy (non-hydrogen) atoms. The molecule has 1 amide bonds. The van der Waals surface area contributed by atoms with Gasteiger partial charge in [0.2, 0.25) is 5.91 Å². The molecule has 0 bridgehead atoms. The van der Waals surface area contributed by atoms with Crippen molar-refractivity contribution < 1.29 is 14.6 Å². The Bertz CT molecular complexity index is 344. The number of likely N-dealkylation sites (tertiary alicyclic amines) is 2. The van der Waals surface area contributed by atoms with Gasteiger partial charge in [0.15, 0.2) is 0 Å². The van der Waals surface area contributed by atoms with Gasteiger partial charge < -0.3 is 19.6 Å². The molecule has 3 saturated heterocycles. The van der Waals surface area contributed by atoms with E-state index in [1.54, 1.807) is 0 Å². The van der Waals surface area contributed by atoms with Gasteiger partial charge in [0, 0.05) is 38.6 Å². The lowest BCUT2D eigenvalue weighted by atomic mass is 9.85. The highest BCUT2D eigenvalue weighted by Crippen LogP contribution is 2.30. The Morgan fingerprint density at radius 3 is 2.50 bits per heavy atom. The highest BCUT2D eigenvalue weighted by Gasteiger charge is 2.40. The molecule has 3 aliphatic rings. The van der Waals surface area contributed by atoms with Gasteiger partial charge in [-0.05, 0) is 25.7 Å². The molecular formula is C15H26N2O3. The summed E-state index contributed by atoms with van der Waals surface area (Å²) in [6.07, 6.45) is 5.12. The SMILES string of the molecule is O=C1CCCCN1C1CCN(CC2(CO)COC2)CC1. The standard InChI is InChI=1S/C15H26N2O3/c18-10-15(11-20-12-15)9-16-7-4-13(5-8-16)17-6-2-1-3-14(17)19/h13,18H,1-12H2. The molecule has 0 aromatic rings. The second-order valence-electron chi connectivity index (χ2n) is 6.70. The number of hydrogen-bond acceptors (Lipinski definition) is 4. The fourth-order valence-corrected chi connectivity index (χ4v) is 3.70. The Hall–Kier alpha value is -0.650. The number of amides is 1. The molecule has 5 nitrogen and oxygen atoms in total. The van der Waals surface area contributed by atoms with Crippen molar-refractivity contribution in [3.8, 4) is 0 Å². The van der Waals surface area contributed by atoms with E-state index in [0.717, 1.165) is 58.3 Å². The zero-order chi connectivity index (χ0) is 14.0. The van der Waals surface area contributed by atoms with Gasteiger partial charge in [-0.1, -0.05) is 0 Å². The van der Waals surface area contributed by atoms with Crippen LogP contribution in [0.1, 0.15) is 32.1 Å². The summed E-state index contributed by atoms with van der Waals surface area (Å²) in [6, 6.07) is 0.446. The van der Waals surface area contributed by atoms with Crippen LogP contribution in [-0.2, 0) is 9.53 Å². The summed E-state index contributed by atoms with van der Waals surface area (Å²) in [7, 11) is 0. The van der Waals surface area contributed by atoms with Crippen LogP contribution < -0.4 is 0 Å². The summed E-state index contributed by atoms with van der Waals surface area (Å²) in [6.45, 7) is 5.56. The molecule has 0 aromatic carbocycles. The van der Waals surface area contributed by atoms with Crippen LogP contribution in [0.25, 0.3) is 0 Å². The fourth-order valence-electron chi connectivity index (χ4n) is 3.70. The molecule has 0 saturated carbocycles. The average Bonchev–Trinajstić information content (AvgIpc) is 2.44. The van der Waals surface area contributed by atoms with Crippen molar-refractivity contribution in [2.45, 2.75) is 38.1 Å². The topological polar surface area (TPSA) is 53.0 Å². The van der Waals surface area contributed by atoms with Crippen LogP contribution >= 0.6 is 0 Å². The zero-order valence-electron chi connectivity index (χ0n) is 12.2. The van der Waals surface area contributed by atoms with E-state index in [0.29, 0.717) is 25.2 Å². The molecule has 0 radical (unpaired) electrons. The smallest absolute Gasteiger partial charge is 0.222 e. The molecule has 114 valence electrons. The molecular weight excluding hydrogens is 256 g/mol. The maximum Gasteiger partial charge on any atom is 0.222 e. The third-order valence-corrected chi connectivity index (χ3v) is 5.07. The van der Waals surface area contributed by atoms with Crippen LogP contribution in [0.5, 0.6) is 0 Å². The highest BCUT2D eigenvalue weighted by atomic mass is 16.5. The third kappa shape index (κ3) is 2.85. The molecule has 1 N–H and O–H groups in total.